The number of nitrogens with zero attached hydrogens (tertiary/aromatic N) is 1. The zero-order valence-electron chi connectivity index (χ0n) is 11.5. The first-order chi connectivity index (χ1) is 9.53. The maximum absolute atomic E-state index is 12.3. The van der Waals surface area contributed by atoms with Crippen LogP contribution in [0.15, 0.2) is 40.8 Å². The van der Waals surface area contributed by atoms with Gasteiger partial charge in [-0.15, -0.1) is 0 Å². The van der Waals surface area contributed by atoms with Gasteiger partial charge in [-0.25, -0.2) is 13.1 Å². The first kappa shape index (κ1) is 14.8. The summed E-state index contributed by atoms with van der Waals surface area (Å²) in [5, 5.41) is 8.78. The molecule has 106 valence electrons. The molecule has 1 saturated carbocycles. The summed E-state index contributed by atoms with van der Waals surface area (Å²) in [7, 11) is -3.53. The molecule has 1 aliphatic carbocycles. The van der Waals surface area contributed by atoms with E-state index in [2.05, 4.69) is 4.72 Å². The van der Waals surface area contributed by atoms with Crippen molar-refractivity contribution in [1.29, 1.82) is 5.26 Å². The van der Waals surface area contributed by atoms with Gasteiger partial charge in [-0.3, -0.25) is 0 Å². The summed E-state index contributed by atoms with van der Waals surface area (Å²) in [6, 6.07) is 8.52. The summed E-state index contributed by atoms with van der Waals surface area (Å²) in [5.74, 6) is 0. The molecule has 0 spiro atoms. The van der Waals surface area contributed by atoms with Gasteiger partial charge in [0.1, 0.15) is 0 Å². The van der Waals surface area contributed by atoms with Crippen LogP contribution in [0.25, 0.3) is 0 Å². The number of rotatable bonds is 3. The Morgan fingerprint density at radius 3 is 2.65 bits per heavy atom. The second-order valence-electron chi connectivity index (χ2n) is 5.08. The van der Waals surface area contributed by atoms with E-state index in [9.17, 15) is 8.42 Å². The van der Waals surface area contributed by atoms with Gasteiger partial charge in [0.25, 0.3) is 0 Å². The quantitative estimate of drug-likeness (QED) is 0.870. The van der Waals surface area contributed by atoms with E-state index in [0.717, 1.165) is 36.8 Å². The third kappa shape index (κ3) is 3.47. The molecule has 0 aromatic heterocycles. The van der Waals surface area contributed by atoms with Crippen LogP contribution in [0.3, 0.4) is 0 Å². The summed E-state index contributed by atoms with van der Waals surface area (Å²) in [5.41, 5.74) is 1.90. The molecule has 5 heteroatoms. The number of nitriles is 1. The fourth-order valence-electron chi connectivity index (χ4n) is 2.40. The van der Waals surface area contributed by atoms with E-state index < -0.39 is 10.0 Å². The minimum Gasteiger partial charge on any atom is -0.207 e. The number of benzene rings is 1. The molecule has 1 N–H and O–H groups in total. The molecule has 2 rings (SSSR count). The number of sulfonamides is 1. The van der Waals surface area contributed by atoms with Gasteiger partial charge in [0.05, 0.1) is 11.0 Å². The summed E-state index contributed by atoms with van der Waals surface area (Å²) in [6.45, 7) is 1.92. The van der Waals surface area contributed by atoms with E-state index in [1.807, 2.05) is 13.0 Å². The van der Waals surface area contributed by atoms with Gasteiger partial charge in [-0.2, -0.15) is 5.26 Å². The molecule has 1 atom stereocenters. The van der Waals surface area contributed by atoms with Crippen LogP contribution in [0, 0.1) is 18.3 Å². The molecule has 0 amide bonds. The highest BCUT2D eigenvalue weighted by Crippen LogP contribution is 2.25. The average molecular weight is 290 g/mol. The molecule has 1 fully saturated rings. The van der Waals surface area contributed by atoms with E-state index >= 15 is 0 Å². The Balaban J connectivity index is 2.21. The van der Waals surface area contributed by atoms with Crippen LogP contribution >= 0.6 is 0 Å². The molecule has 0 bridgehead atoms. The van der Waals surface area contributed by atoms with Gasteiger partial charge in [-0.1, -0.05) is 24.1 Å². The van der Waals surface area contributed by atoms with Crippen LogP contribution in [0.2, 0.25) is 0 Å². The van der Waals surface area contributed by atoms with Gasteiger partial charge in [0.15, 0.2) is 0 Å². The number of hydrogen-bond donors (Lipinski definition) is 1. The number of nitrogens with one attached hydrogen (secondary N) is 1. The van der Waals surface area contributed by atoms with E-state index in [4.69, 9.17) is 5.26 Å². The van der Waals surface area contributed by atoms with E-state index in [1.54, 1.807) is 24.3 Å². The van der Waals surface area contributed by atoms with Crippen LogP contribution in [-0.4, -0.2) is 14.5 Å². The van der Waals surface area contributed by atoms with Gasteiger partial charge in [-0.05, 0) is 43.9 Å². The number of allylic oxidation sites excluding steroid dienone is 1. The first-order valence-corrected chi connectivity index (χ1v) is 8.19. The third-order valence-electron chi connectivity index (χ3n) is 3.53. The lowest BCUT2D eigenvalue weighted by Gasteiger charge is -2.25. The summed E-state index contributed by atoms with van der Waals surface area (Å²) >= 11 is 0. The lowest BCUT2D eigenvalue weighted by Crippen LogP contribution is -2.37. The van der Waals surface area contributed by atoms with Crippen molar-refractivity contribution in [3.63, 3.8) is 0 Å². The molecule has 20 heavy (non-hydrogen) atoms. The van der Waals surface area contributed by atoms with E-state index in [-0.39, 0.29) is 10.9 Å². The van der Waals surface area contributed by atoms with Crippen molar-refractivity contribution in [2.24, 2.45) is 0 Å². The normalized spacial score (nSPS) is 21.6. The monoisotopic (exact) mass is 290 g/mol. The molecule has 1 aromatic carbocycles. The Kier molecular flexibility index (Phi) is 4.58. The van der Waals surface area contributed by atoms with Crippen molar-refractivity contribution in [1.82, 2.24) is 4.72 Å². The predicted octanol–water partition coefficient (Wildman–Crippen LogP) is 2.67. The number of hydrogen-bond acceptors (Lipinski definition) is 3. The van der Waals surface area contributed by atoms with Crippen molar-refractivity contribution < 1.29 is 8.42 Å². The van der Waals surface area contributed by atoms with Crippen molar-refractivity contribution in [3.05, 3.63) is 41.5 Å². The smallest absolute Gasteiger partial charge is 0.207 e. The van der Waals surface area contributed by atoms with Crippen LogP contribution < -0.4 is 4.72 Å². The largest absolute Gasteiger partial charge is 0.241 e. The van der Waals surface area contributed by atoms with Crippen molar-refractivity contribution >= 4 is 10.0 Å². The number of aryl methyl sites for hydroxylation is 1. The van der Waals surface area contributed by atoms with Crippen molar-refractivity contribution in [2.75, 3.05) is 0 Å². The highest BCUT2D eigenvalue weighted by atomic mass is 32.2. The summed E-state index contributed by atoms with van der Waals surface area (Å²) in [6.07, 6.45) is 4.99. The Bertz CT molecular complexity index is 639. The Morgan fingerprint density at radius 1 is 1.30 bits per heavy atom. The van der Waals surface area contributed by atoms with E-state index in [0.29, 0.717) is 0 Å². The van der Waals surface area contributed by atoms with Crippen LogP contribution in [0.5, 0.6) is 0 Å². The molecule has 1 aromatic rings. The standard InChI is InChI=1S/C15H18N2O2S/c1-12-6-8-14(9-7-12)20(18,19)17-15-5-3-2-4-13(15)10-11-16/h6-10,15,17H,2-5H2,1H3/b13-10+. The van der Waals surface area contributed by atoms with Crippen LogP contribution in [-0.2, 0) is 10.0 Å². The molecule has 4 nitrogen and oxygen atoms in total. The van der Waals surface area contributed by atoms with Gasteiger partial charge < -0.3 is 0 Å². The summed E-state index contributed by atoms with van der Waals surface area (Å²) in [4.78, 5) is 0.269. The average Bonchev–Trinajstić information content (AvgIpc) is 2.41. The van der Waals surface area contributed by atoms with Crippen LogP contribution in [0.4, 0.5) is 0 Å². The minimum atomic E-state index is -3.53. The van der Waals surface area contributed by atoms with Gasteiger partial charge in [0, 0.05) is 12.1 Å². The Hall–Kier alpha value is -1.64. The maximum Gasteiger partial charge on any atom is 0.241 e. The SMILES string of the molecule is Cc1ccc(S(=O)(=O)NC2CCCC/C2=C\C#N)cc1. The Labute approximate surface area is 120 Å². The molecule has 1 aliphatic rings. The minimum absolute atomic E-state index is 0.255. The summed E-state index contributed by atoms with van der Waals surface area (Å²) < 4.78 is 27.4. The fourth-order valence-corrected chi connectivity index (χ4v) is 3.67. The zero-order chi connectivity index (χ0) is 14.6. The highest BCUT2D eigenvalue weighted by Gasteiger charge is 2.25. The van der Waals surface area contributed by atoms with Crippen LogP contribution in [0.1, 0.15) is 31.2 Å². The molecular formula is C15H18N2O2S. The predicted molar refractivity (Wildman–Crippen MR) is 77.5 cm³/mol. The molecular weight excluding hydrogens is 272 g/mol. The van der Waals surface area contributed by atoms with Gasteiger partial charge >= 0.3 is 0 Å². The maximum atomic E-state index is 12.3. The van der Waals surface area contributed by atoms with Crippen molar-refractivity contribution in [3.8, 4) is 6.07 Å². The first-order valence-electron chi connectivity index (χ1n) is 6.70. The fraction of sp³-hybridized carbons (Fsp3) is 0.400. The third-order valence-corrected chi connectivity index (χ3v) is 5.02. The van der Waals surface area contributed by atoms with Crippen molar-refractivity contribution in [2.45, 2.75) is 43.5 Å². The zero-order valence-corrected chi connectivity index (χ0v) is 12.3. The van der Waals surface area contributed by atoms with Gasteiger partial charge in [0.2, 0.25) is 10.0 Å². The van der Waals surface area contributed by atoms with E-state index in [1.165, 1.54) is 6.08 Å². The lowest BCUT2D eigenvalue weighted by molar-refractivity contribution is 0.494. The molecule has 1 unspecified atom stereocenters. The molecule has 0 radical (unpaired) electrons. The second-order valence-corrected chi connectivity index (χ2v) is 6.80. The lowest BCUT2D eigenvalue weighted by atomic mass is 9.90. The Morgan fingerprint density at radius 2 is 2.00 bits per heavy atom. The highest BCUT2D eigenvalue weighted by molar-refractivity contribution is 7.89. The molecule has 0 heterocycles. The molecule has 0 saturated heterocycles. The topological polar surface area (TPSA) is 70.0 Å². The molecule has 0 aliphatic heterocycles. The second kappa shape index (κ2) is 6.21.